The number of rotatable bonds is 1. The van der Waals surface area contributed by atoms with Gasteiger partial charge >= 0.3 is 6.18 Å². The molecule has 1 atom stereocenters. The number of alkyl halides is 3. The molecule has 0 aromatic heterocycles. The summed E-state index contributed by atoms with van der Waals surface area (Å²) in [4.78, 5) is 0. The zero-order valence-electron chi connectivity index (χ0n) is 11.1. The van der Waals surface area contributed by atoms with Gasteiger partial charge in [-0.2, -0.15) is 13.2 Å². The molecule has 1 N–H and O–H groups in total. The first kappa shape index (κ1) is 14.9. The van der Waals surface area contributed by atoms with E-state index in [0.29, 0.717) is 18.4 Å². The van der Waals surface area contributed by atoms with E-state index in [4.69, 9.17) is 0 Å². The molecule has 0 heterocycles. The quantitative estimate of drug-likeness (QED) is 0.774. The number of hydrogen-bond acceptors (Lipinski definition) is 1. The van der Waals surface area contributed by atoms with Crippen molar-refractivity contribution in [1.29, 1.82) is 0 Å². The average molecular weight is 282 g/mol. The molecule has 0 aliphatic heterocycles. The van der Waals surface area contributed by atoms with E-state index in [1.54, 1.807) is 30.3 Å². The summed E-state index contributed by atoms with van der Waals surface area (Å²) in [6.07, 6.45) is -1.61. The fourth-order valence-corrected chi connectivity index (χ4v) is 2.61. The lowest BCUT2D eigenvalue weighted by Gasteiger charge is -2.35. The van der Waals surface area contributed by atoms with Gasteiger partial charge < -0.3 is 5.11 Å². The molecular weight excluding hydrogens is 265 g/mol. The van der Waals surface area contributed by atoms with E-state index in [0.717, 1.165) is 19.3 Å². The van der Waals surface area contributed by atoms with Gasteiger partial charge in [0.05, 0.1) is 0 Å². The van der Waals surface area contributed by atoms with Crippen LogP contribution in [0.1, 0.15) is 37.7 Å². The summed E-state index contributed by atoms with van der Waals surface area (Å²) in [7, 11) is 0. The third-order valence-corrected chi connectivity index (χ3v) is 3.80. The van der Waals surface area contributed by atoms with E-state index in [2.05, 4.69) is 11.8 Å². The van der Waals surface area contributed by atoms with E-state index in [9.17, 15) is 18.3 Å². The third kappa shape index (κ3) is 3.16. The van der Waals surface area contributed by atoms with Crippen molar-refractivity contribution >= 4 is 0 Å². The minimum Gasteiger partial charge on any atom is -0.369 e. The van der Waals surface area contributed by atoms with Crippen LogP contribution >= 0.6 is 0 Å². The highest BCUT2D eigenvalue weighted by molar-refractivity contribution is 5.37. The van der Waals surface area contributed by atoms with Crippen LogP contribution in [-0.2, 0) is 0 Å². The molecule has 0 spiro atoms. The van der Waals surface area contributed by atoms with Gasteiger partial charge in [-0.3, -0.25) is 0 Å². The Labute approximate surface area is 116 Å². The maximum Gasteiger partial charge on any atom is 0.428 e. The highest BCUT2D eigenvalue weighted by Gasteiger charge is 2.57. The predicted octanol–water partition coefficient (Wildman–Crippen LogP) is 3.91. The van der Waals surface area contributed by atoms with Crippen molar-refractivity contribution < 1.29 is 18.3 Å². The molecule has 0 bridgehead atoms. The Morgan fingerprint density at radius 3 is 2.15 bits per heavy atom. The van der Waals surface area contributed by atoms with Gasteiger partial charge in [0.25, 0.3) is 0 Å². The van der Waals surface area contributed by atoms with Gasteiger partial charge in [0.15, 0.2) is 0 Å². The Bertz CT molecular complexity index is 492. The fraction of sp³-hybridized carbons (Fsp3) is 0.500. The van der Waals surface area contributed by atoms with Crippen LogP contribution in [0.15, 0.2) is 30.3 Å². The molecule has 4 heteroatoms. The first-order chi connectivity index (χ1) is 9.43. The standard InChI is InChI=1S/C16H17F3O/c17-16(18,19)15(20,14-9-5-2-6-10-14)12-11-13-7-3-1-4-8-13/h1,3-4,7-8,14,20H,2,5-6,9-10H2. The average Bonchev–Trinajstić information content (AvgIpc) is 2.45. The van der Waals surface area contributed by atoms with E-state index in [1.807, 2.05) is 0 Å². The van der Waals surface area contributed by atoms with Crippen molar-refractivity contribution in [3.63, 3.8) is 0 Å². The molecule has 0 radical (unpaired) electrons. The molecule has 0 amide bonds. The van der Waals surface area contributed by atoms with Crippen LogP contribution in [0.2, 0.25) is 0 Å². The molecule has 0 saturated heterocycles. The van der Waals surface area contributed by atoms with Crippen molar-refractivity contribution in [1.82, 2.24) is 0 Å². The van der Waals surface area contributed by atoms with Gasteiger partial charge in [-0.05, 0) is 25.0 Å². The summed E-state index contributed by atoms with van der Waals surface area (Å²) in [5.74, 6) is 3.75. The lowest BCUT2D eigenvalue weighted by Crippen LogP contribution is -2.50. The summed E-state index contributed by atoms with van der Waals surface area (Å²) in [6.45, 7) is 0. The second kappa shape index (κ2) is 5.88. The van der Waals surface area contributed by atoms with Gasteiger partial charge in [0.2, 0.25) is 5.60 Å². The summed E-state index contributed by atoms with van der Waals surface area (Å²) in [6, 6.07) is 8.44. The van der Waals surface area contributed by atoms with Crippen molar-refractivity contribution in [3.8, 4) is 11.8 Å². The van der Waals surface area contributed by atoms with Crippen LogP contribution in [0.25, 0.3) is 0 Å². The first-order valence-electron chi connectivity index (χ1n) is 6.81. The maximum atomic E-state index is 13.2. The molecule has 1 nitrogen and oxygen atoms in total. The van der Waals surface area contributed by atoms with Crippen LogP contribution in [0.3, 0.4) is 0 Å². The minimum atomic E-state index is -4.73. The van der Waals surface area contributed by atoms with Gasteiger partial charge in [-0.1, -0.05) is 49.3 Å². The second-order valence-electron chi connectivity index (χ2n) is 5.22. The van der Waals surface area contributed by atoms with Crippen LogP contribution in [0.4, 0.5) is 13.2 Å². The molecule has 1 aromatic carbocycles. The largest absolute Gasteiger partial charge is 0.428 e. The molecule has 1 fully saturated rings. The Morgan fingerprint density at radius 2 is 1.60 bits per heavy atom. The van der Waals surface area contributed by atoms with Gasteiger partial charge in [-0.15, -0.1) is 0 Å². The fourth-order valence-electron chi connectivity index (χ4n) is 2.61. The zero-order valence-corrected chi connectivity index (χ0v) is 11.1. The Hall–Kier alpha value is -1.47. The molecule has 108 valence electrons. The molecule has 1 aliphatic rings. The number of halogens is 3. The van der Waals surface area contributed by atoms with E-state index < -0.39 is 17.7 Å². The maximum absolute atomic E-state index is 13.2. The number of hydrogen-bond donors (Lipinski definition) is 1. The van der Waals surface area contributed by atoms with Gasteiger partial charge in [-0.25, -0.2) is 0 Å². The summed E-state index contributed by atoms with van der Waals surface area (Å²) < 4.78 is 39.7. The SMILES string of the molecule is OC(C#Cc1ccccc1)(C1CCCCC1)C(F)(F)F. The van der Waals surface area contributed by atoms with Crippen molar-refractivity contribution in [2.75, 3.05) is 0 Å². The van der Waals surface area contributed by atoms with Gasteiger partial charge in [0.1, 0.15) is 0 Å². The summed E-state index contributed by atoms with van der Waals surface area (Å²) in [5, 5.41) is 10.1. The lowest BCUT2D eigenvalue weighted by atomic mass is 9.76. The smallest absolute Gasteiger partial charge is 0.369 e. The Morgan fingerprint density at radius 1 is 1.00 bits per heavy atom. The highest BCUT2D eigenvalue weighted by Crippen LogP contribution is 2.42. The van der Waals surface area contributed by atoms with Crippen LogP contribution in [0.5, 0.6) is 0 Å². The molecule has 1 aliphatic carbocycles. The summed E-state index contributed by atoms with van der Waals surface area (Å²) >= 11 is 0. The van der Waals surface area contributed by atoms with Gasteiger partial charge in [0, 0.05) is 11.5 Å². The van der Waals surface area contributed by atoms with E-state index in [1.165, 1.54) is 0 Å². The van der Waals surface area contributed by atoms with Crippen molar-refractivity contribution in [2.24, 2.45) is 5.92 Å². The van der Waals surface area contributed by atoms with Crippen molar-refractivity contribution in [2.45, 2.75) is 43.9 Å². The highest BCUT2D eigenvalue weighted by atomic mass is 19.4. The number of aliphatic hydroxyl groups is 1. The topological polar surface area (TPSA) is 20.2 Å². The van der Waals surface area contributed by atoms with E-state index in [-0.39, 0.29) is 0 Å². The first-order valence-corrected chi connectivity index (χ1v) is 6.81. The zero-order chi connectivity index (χ0) is 14.6. The predicted molar refractivity (Wildman–Crippen MR) is 70.9 cm³/mol. The molecule has 1 saturated carbocycles. The summed E-state index contributed by atoms with van der Waals surface area (Å²) in [5.41, 5.74) is -2.42. The Balaban J connectivity index is 2.31. The molecular formula is C16H17F3O. The monoisotopic (exact) mass is 282 g/mol. The van der Waals surface area contributed by atoms with Crippen LogP contribution in [-0.4, -0.2) is 16.9 Å². The molecule has 2 rings (SSSR count). The van der Waals surface area contributed by atoms with Crippen LogP contribution < -0.4 is 0 Å². The molecule has 20 heavy (non-hydrogen) atoms. The lowest BCUT2D eigenvalue weighted by molar-refractivity contribution is -0.256. The Kier molecular flexibility index (Phi) is 4.39. The van der Waals surface area contributed by atoms with Crippen molar-refractivity contribution in [3.05, 3.63) is 35.9 Å². The van der Waals surface area contributed by atoms with Crippen LogP contribution in [0, 0.1) is 17.8 Å². The minimum absolute atomic E-state index is 0.374. The molecule has 1 unspecified atom stereocenters. The number of benzene rings is 1. The molecule has 1 aromatic rings. The van der Waals surface area contributed by atoms with E-state index >= 15 is 0 Å². The second-order valence-corrected chi connectivity index (χ2v) is 5.22. The normalized spacial score (nSPS) is 19.8. The third-order valence-electron chi connectivity index (χ3n) is 3.80.